The summed E-state index contributed by atoms with van der Waals surface area (Å²) in [6.07, 6.45) is 3.19. The minimum Gasteiger partial charge on any atom is -0.366 e. The van der Waals surface area contributed by atoms with E-state index in [1.54, 1.807) is 18.3 Å². The summed E-state index contributed by atoms with van der Waals surface area (Å²) < 4.78 is 29.2. The summed E-state index contributed by atoms with van der Waals surface area (Å²) in [7, 11) is 0. The summed E-state index contributed by atoms with van der Waals surface area (Å²) in [5.41, 5.74) is 1.77. The van der Waals surface area contributed by atoms with E-state index in [0.717, 1.165) is 16.8 Å². The van der Waals surface area contributed by atoms with Gasteiger partial charge in [0.05, 0.1) is 18.1 Å². The number of aromatic amines is 1. The van der Waals surface area contributed by atoms with Gasteiger partial charge in [-0.05, 0) is 18.8 Å². The van der Waals surface area contributed by atoms with Gasteiger partial charge in [-0.2, -0.15) is 13.9 Å². The third kappa shape index (κ3) is 2.93. The van der Waals surface area contributed by atoms with Gasteiger partial charge in [-0.3, -0.25) is 10.00 Å². The number of nitrogens with one attached hydrogen (secondary N) is 2. The second-order valence-corrected chi connectivity index (χ2v) is 7.62. The smallest absolute Gasteiger partial charge is 0.285 e. The molecule has 2 aromatic heterocycles. The summed E-state index contributed by atoms with van der Waals surface area (Å²) in [5.74, 6) is -1.31. The number of hydrogen-bond acceptors (Lipinski definition) is 5. The van der Waals surface area contributed by atoms with E-state index in [9.17, 15) is 8.78 Å². The molecule has 140 valence electrons. The molecule has 0 spiro atoms. The molecule has 0 unspecified atom stereocenters. The second kappa shape index (κ2) is 5.95. The predicted molar refractivity (Wildman–Crippen MR) is 97.6 cm³/mol. The molecule has 1 saturated carbocycles. The maximum atomic E-state index is 14.6. The van der Waals surface area contributed by atoms with Gasteiger partial charge in [-0.1, -0.05) is 29.8 Å². The molecule has 1 saturated heterocycles. The SMILES string of the molecule is Cc1ccc(C(F)(F)CN2C[C@@H]3[C@H](C2)[C@H]3Nc2ncnc3[nH]ncc23)cc1. The second-order valence-electron chi connectivity index (χ2n) is 7.62. The molecule has 2 N–H and O–H groups in total. The van der Waals surface area contributed by atoms with Crippen LogP contribution in [0.5, 0.6) is 0 Å². The summed E-state index contributed by atoms with van der Waals surface area (Å²) in [5, 5.41) is 11.1. The molecule has 3 heterocycles. The van der Waals surface area contributed by atoms with Crippen molar-refractivity contribution in [2.24, 2.45) is 11.8 Å². The van der Waals surface area contributed by atoms with Crippen molar-refractivity contribution in [2.45, 2.75) is 18.9 Å². The van der Waals surface area contributed by atoms with Crippen LogP contribution in [0.2, 0.25) is 0 Å². The summed E-state index contributed by atoms with van der Waals surface area (Å²) in [6, 6.07) is 6.82. The largest absolute Gasteiger partial charge is 0.366 e. The van der Waals surface area contributed by atoms with Crippen LogP contribution in [0, 0.1) is 18.8 Å². The van der Waals surface area contributed by atoms with Crippen LogP contribution < -0.4 is 5.32 Å². The van der Waals surface area contributed by atoms with Crippen molar-refractivity contribution in [2.75, 3.05) is 25.0 Å². The summed E-state index contributed by atoms with van der Waals surface area (Å²) in [6.45, 7) is 3.04. The van der Waals surface area contributed by atoms with Gasteiger partial charge in [-0.15, -0.1) is 0 Å². The number of benzene rings is 1. The molecule has 1 aromatic carbocycles. The highest BCUT2D eigenvalue weighted by Crippen LogP contribution is 2.48. The van der Waals surface area contributed by atoms with Crippen LogP contribution in [-0.2, 0) is 5.92 Å². The molecule has 3 atom stereocenters. The first-order chi connectivity index (χ1) is 13.0. The van der Waals surface area contributed by atoms with Crippen LogP contribution in [0.1, 0.15) is 11.1 Å². The first-order valence-corrected chi connectivity index (χ1v) is 9.09. The average Bonchev–Trinajstić information content (AvgIpc) is 3.03. The van der Waals surface area contributed by atoms with E-state index in [-0.39, 0.29) is 18.2 Å². The van der Waals surface area contributed by atoms with Crippen LogP contribution in [0.4, 0.5) is 14.6 Å². The van der Waals surface area contributed by atoms with Gasteiger partial charge >= 0.3 is 0 Å². The normalized spacial score (nSPS) is 24.9. The Bertz CT molecular complexity index is 958. The highest BCUT2D eigenvalue weighted by molar-refractivity contribution is 5.85. The van der Waals surface area contributed by atoms with Crippen LogP contribution in [0.25, 0.3) is 11.0 Å². The Morgan fingerprint density at radius 3 is 2.67 bits per heavy atom. The molecule has 0 radical (unpaired) electrons. The Hall–Kier alpha value is -2.61. The van der Waals surface area contributed by atoms with E-state index in [1.807, 2.05) is 11.8 Å². The van der Waals surface area contributed by atoms with Crippen molar-refractivity contribution >= 4 is 16.9 Å². The van der Waals surface area contributed by atoms with Crippen molar-refractivity contribution < 1.29 is 8.78 Å². The number of H-pyrrole nitrogens is 1. The van der Waals surface area contributed by atoms with E-state index in [1.165, 1.54) is 18.5 Å². The van der Waals surface area contributed by atoms with Crippen LogP contribution in [0.15, 0.2) is 36.8 Å². The van der Waals surface area contributed by atoms with Gasteiger partial charge < -0.3 is 5.32 Å². The van der Waals surface area contributed by atoms with Crippen molar-refractivity contribution in [1.29, 1.82) is 0 Å². The number of nitrogens with zero attached hydrogens (tertiary/aromatic N) is 4. The quantitative estimate of drug-likeness (QED) is 0.723. The lowest BCUT2D eigenvalue weighted by molar-refractivity contribution is -0.0352. The van der Waals surface area contributed by atoms with Crippen molar-refractivity contribution in [3.63, 3.8) is 0 Å². The summed E-state index contributed by atoms with van der Waals surface area (Å²) in [4.78, 5) is 10.3. The minimum absolute atomic E-state index is 0.0895. The number of fused-ring (bicyclic) bond motifs is 2. The molecule has 0 amide bonds. The van der Waals surface area contributed by atoms with Gasteiger partial charge in [0, 0.05) is 24.7 Å². The minimum atomic E-state index is -2.83. The zero-order chi connectivity index (χ0) is 18.6. The maximum Gasteiger partial charge on any atom is 0.285 e. The Balaban J connectivity index is 1.21. The topological polar surface area (TPSA) is 69.7 Å². The summed E-state index contributed by atoms with van der Waals surface area (Å²) >= 11 is 0. The number of anilines is 1. The lowest BCUT2D eigenvalue weighted by atomic mass is 10.1. The lowest BCUT2D eigenvalue weighted by Gasteiger charge is -2.26. The van der Waals surface area contributed by atoms with Crippen molar-refractivity contribution in [1.82, 2.24) is 25.1 Å². The first kappa shape index (κ1) is 16.6. The predicted octanol–water partition coefficient (Wildman–Crippen LogP) is 2.80. The zero-order valence-electron chi connectivity index (χ0n) is 14.9. The monoisotopic (exact) mass is 370 g/mol. The number of piperidine rings is 1. The Kier molecular flexibility index (Phi) is 3.65. The molecule has 1 aliphatic heterocycles. The van der Waals surface area contributed by atoms with Gasteiger partial charge in [-0.25, -0.2) is 9.97 Å². The third-order valence-corrected chi connectivity index (χ3v) is 5.72. The van der Waals surface area contributed by atoms with Gasteiger partial charge in [0.2, 0.25) is 0 Å². The fourth-order valence-corrected chi connectivity index (χ4v) is 4.16. The van der Waals surface area contributed by atoms with Crippen LogP contribution in [-0.4, -0.2) is 50.7 Å². The van der Waals surface area contributed by atoms with E-state index in [4.69, 9.17) is 0 Å². The molecule has 27 heavy (non-hydrogen) atoms. The number of halogens is 2. The molecule has 8 heteroatoms. The number of aryl methyl sites for hydroxylation is 1. The van der Waals surface area contributed by atoms with Gasteiger partial charge in [0.1, 0.15) is 12.1 Å². The number of alkyl halides is 2. The van der Waals surface area contributed by atoms with E-state index in [0.29, 0.717) is 30.6 Å². The van der Waals surface area contributed by atoms with Crippen LogP contribution in [0.3, 0.4) is 0 Å². The van der Waals surface area contributed by atoms with Crippen molar-refractivity contribution in [3.8, 4) is 0 Å². The number of aromatic nitrogens is 4. The third-order valence-electron chi connectivity index (χ3n) is 5.72. The highest BCUT2D eigenvalue weighted by Gasteiger charge is 2.57. The average molecular weight is 370 g/mol. The molecule has 1 aliphatic carbocycles. The molecular weight excluding hydrogens is 350 g/mol. The number of rotatable bonds is 5. The standard InChI is InChI=1S/C19H20F2N6/c1-11-2-4-12(5-3-11)19(20,21)9-27-7-14-15(8-27)16(14)25-17-13-6-24-26-18(13)23-10-22-17/h2-6,10,14-16H,7-9H2,1H3,(H2,22,23,24,25,26)/t14-,15+,16+. The van der Waals surface area contributed by atoms with E-state index in [2.05, 4.69) is 25.5 Å². The highest BCUT2D eigenvalue weighted by atomic mass is 19.3. The Labute approximate surface area is 155 Å². The van der Waals surface area contributed by atoms with E-state index >= 15 is 0 Å². The number of hydrogen-bond donors (Lipinski definition) is 2. The molecule has 0 bridgehead atoms. The van der Waals surface area contributed by atoms with Gasteiger partial charge in [0.25, 0.3) is 5.92 Å². The number of likely N-dealkylation sites (tertiary alicyclic amines) is 1. The maximum absolute atomic E-state index is 14.6. The zero-order valence-corrected chi connectivity index (χ0v) is 14.9. The van der Waals surface area contributed by atoms with Crippen LogP contribution >= 0.6 is 0 Å². The molecule has 2 aliphatic rings. The fraction of sp³-hybridized carbons (Fsp3) is 0.421. The van der Waals surface area contributed by atoms with Gasteiger partial charge in [0.15, 0.2) is 5.65 Å². The molecule has 5 rings (SSSR count). The molecule has 2 fully saturated rings. The van der Waals surface area contributed by atoms with Crippen molar-refractivity contribution in [3.05, 3.63) is 47.9 Å². The molecule has 3 aromatic rings. The Morgan fingerprint density at radius 2 is 1.93 bits per heavy atom. The lowest BCUT2D eigenvalue weighted by Crippen LogP contribution is -2.37. The van der Waals surface area contributed by atoms with E-state index < -0.39 is 5.92 Å². The molecular formula is C19H20F2N6. The fourth-order valence-electron chi connectivity index (χ4n) is 4.16. The Morgan fingerprint density at radius 1 is 1.19 bits per heavy atom. The first-order valence-electron chi connectivity index (χ1n) is 9.09. The molecule has 6 nitrogen and oxygen atoms in total.